The van der Waals surface area contributed by atoms with Gasteiger partial charge in [-0.25, -0.2) is 18.0 Å². The van der Waals surface area contributed by atoms with Gasteiger partial charge >= 0.3 is 12.1 Å². The number of pyridine rings is 1. The second-order valence-corrected chi connectivity index (χ2v) is 24.0. The third-order valence-corrected chi connectivity index (χ3v) is 17.1. The Bertz CT molecular complexity index is 3080. The van der Waals surface area contributed by atoms with Gasteiger partial charge in [-0.1, -0.05) is 32.0 Å². The summed E-state index contributed by atoms with van der Waals surface area (Å²) in [4.78, 5) is 63.3. The lowest BCUT2D eigenvalue weighted by molar-refractivity contribution is -0.134. The molecule has 2 bridgehead atoms. The Kier molecular flexibility index (Phi) is 14.7. The number of halogens is 3. The maximum atomic E-state index is 17.7. The summed E-state index contributed by atoms with van der Waals surface area (Å²) in [5, 5.41) is 4.44. The van der Waals surface area contributed by atoms with Crippen LogP contribution in [-0.2, 0) is 25.5 Å². The molecule has 6 aliphatic rings. The van der Waals surface area contributed by atoms with E-state index >= 15 is 13.2 Å². The molecule has 16 nitrogen and oxygen atoms in total. The number of fused-ring (bicyclic) bond motifs is 4. The highest BCUT2D eigenvalue weighted by Crippen LogP contribution is 2.48. The van der Waals surface area contributed by atoms with Crippen molar-refractivity contribution >= 4 is 51.1 Å². The van der Waals surface area contributed by atoms with Crippen LogP contribution in [0.4, 0.5) is 29.5 Å². The summed E-state index contributed by atoms with van der Waals surface area (Å²) in [6.45, 7) is 17.9. The van der Waals surface area contributed by atoms with Gasteiger partial charge in [-0.2, -0.15) is 9.97 Å². The van der Waals surface area contributed by atoms with Gasteiger partial charge in [0.2, 0.25) is 11.8 Å². The van der Waals surface area contributed by atoms with Gasteiger partial charge in [-0.3, -0.25) is 29.7 Å². The Hall–Kier alpha value is -6.31. The highest BCUT2D eigenvalue weighted by atomic mass is 19.1. The number of imide groups is 1. The molecule has 3 atom stereocenters. The summed E-state index contributed by atoms with van der Waals surface area (Å²) in [7, 11) is 1.56. The van der Waals surface area contributed by atoms with Crippen molar-refractivity contribution in [2.24, 2.45) is 10.8 Å². The number of rotatable bonds is 15. The minimum atomic E-state index is -1.03. The maximum absolute atomic E-state index is 17.7. The minimum absolute atomic E-state index is 0.0253. The van der Waals surface area contributed by atoms with E-state index in [1.54, 1.807) is 13.3 Å². The molecule has 5 saturated heterocycles. The van der Waals surface area contributed by atoms with Gasteiger partial charge < -0.3 is 33.6 Å². The summed E-state index contributed by atoms with van der Waals surface area (Å²) in [5.41, 5.74) is 1.43. The lowest BCUT2D eigenvalue weighted by Gasteiger charge is -2.45. The summed E-state index contributed by atoms with van der Waals surface area (Å²) in [5.74, 6) is -3.18. The number of anilines is 2. The summed E-state index contributed by atoms with van der Waals surface area (Å²) < 4.78 is 72.2. The first-order valence-corrected chi connectivity index (χ1v) is 27.8. The van der Waals surface area contributed by atoms with Gasteiger partial charge in [0.15, 0.2) is 12.6 Å². The number of hydrogen-bond donors (Lipinski definition) is 1. The van der Waals surface area contributed by atoms with Gasteiger partial charge in [0, 0.05) is 94.3 Å². The SMILES string of the molecule is CCc1cccc2cc(OCOC)cc(-c3ncc4c(N5CC6CCC(C5)N6C(=O)OC(C)(C)C)nc(OCC5(CN6CCC(C)(CN7CCN(c8cc(F)c(C9CCC(=O)NC9=O)c(F)c8)CC7)CC6)CC5)nc4c3F)c12. The number of nitrogens with one attached hydrogen (secondary N) is 1. The van der Waals surface area contributed by atoms with Crippen LogP contribution in [0, 0.1) is 28.3 Å². The zero-order valence-electron chi connectivity index (χ0n) is 45.8. The van der Waals surface area contributed by atoms with E-state index in [1.807, 2.05) is 60.9 Å². The van der Waals surface area contributed by atoms with Crippen molar-refractivity contribution in [2.45, 2.75) is 116 Å². The van der Waals surface area contributed by atoms with Crippen LogP contribution in [0.2, 0.25) is 0 Å². The van der Waals surface area contributed by atoms with Crippen molar-refractivity contribution in [3.05, 3.63) is 77.2 Å². The highest BCUT2D eigenvalue weighted by molar-refractivity contribution is 6.02. The fourth-order valence-corrected chi connectivity index (χ4v) is 12.8. The van der Waals surface area contributed by atoms with Gasteiger partial charge in [0.1, 0.15) is 40.0 Å². The fraction of sp³-hybridized carbons (Fsp3) is 0.559. The molecule has 1 saturated carbocycles. The van der Waals surface area contributed by atoms with Crippen LogP contribution in [-0.4, -0.2) is 151 Å². The van der Waals surface area contributed by atoms with E-state index in [0.29, 0.717) is 61.0 Å². The number of nitrogens with zero attached hydrogens (tertiary/aromatic N) is 8. The smallest absolute Gasteiger partial charge is 0.410 e. The first kappa shape index (κ1) is 53.7. The lowest BCUT2D eigenvalue weighted by atomic mass is 9.79. The zero-order valence-corrected chi connectivity index (χ0v) is 45.8. The molecule has 11 rings (SSSR count). The van der Waals surface area contributed by atoms with E-state index in [2.05, 4.69) is 33.9 Å². The van der Waals surface area contributed by atoms with Crippen molar-refractivity contribution < 1.29 is 46.5 Å². The predicted molar refractivity (Wildman–Crippen MR) is 290 cm³/mol. The Morgan fingerprint density at radius 1 is 0.846 bits per heavy atom. The van der Waals surface area contributed by atoms with Crippen LogP contribution < -0.4 is 24.6 Å². The van der Waals surface area contributed by atoms with E-state index in [9.17, 15) is 14.4 Å². The number of aromatic nitrogens is 3. The molecule has 78 heavy (non-hydrogen) atoms. The number of hydrogen-bond acceptors (Lipinski definition) is 14. The number of benzene rings is 3. The molecule has 7 heterocycles. The Morgan fingerprint density at radius 3 is 2.21 bits per heavy atom. The molecule has 3 unspecified atom stereocenters. The van der Waals surface area contributed by atoms with E-state index in [0.717, 1.165) is 101 Å². The van der Waals surface area contributed by atoms with Gasteiger partial charge in [-0.15, -0.1) is 0 Å². The molecule has 5 aromatic rings. The van der Waals surface area contributed by atoms with Crippen molar-refractivity contribution in [3.63, 3.8) is 0 Å². The highest BCUT2D eigenvalue weighted by Gasteiger charge is 2.48. The molecule has 1 N–H and O–H groups in total. The van der Waals surface area contributed by atoms with Crippen molar-refractivity contribution in [1.82, 2.24) is 35.0 Å². The fourth-order valence-electron chi connectivity index (χ4n) is 12.8. The molecule has 3 amide bonds. The summed E-state index contributed by atoms with van der Waals surface area (Å²) in [6.07, 6.45) is 7.85. The van der Waals surface area contributed by atoms with Crippen LogP contribution in [0.3, 0.4) is 0 Å². The largest absolute Gasteiger partial charge is 0.468 e. The Balaban J connectivity index is 0.778. The van der Waals surface area contributed by atoms with Crippen LogP contribution in [0.25, 0.3) is 32.9 Å². The zero-order chi connectivity index (χ0) is 54.7. The molecule has 416 valence electrons. The molecule has 0 radical (unpaired) electrons. The minimum Gasteiger partial charge on any atom is -0.468 e. The molecule has 0 spiro atoms. The molecule has 5 aliphatic heterocycles. The lowest BCUT2D eigenvalue weighted by Crippen LogP contribution is -2.57. The molecular formula is C59H72F3N9O7. The number of piperazine rings is 2. The van der Waals surface area contributed by atoms with Crippen LogP contribution >= 0.6 is 0 Å². The summed E-state index contributed by atoms with van der Waals surface area (Å²) in [6, 6.07) is 12.3. The first-order chi connectivity index (χ1) is 37.4. The van der Waals surface area contributed by atoms with Crippen molar-refractivity contribution in [3.8, 4) is 23.0 Å². The number of ether oxygens (including phenoxy) is 4. The number of aryl methyl sites for hydroxylation is 1. The van der Waals surface area contributed by atoms with Crippen molar-refractivity contribution in [1.29, 1.82) is 0 Å². The number of likely N-dealkylation sites (tertiary alicyclic amines) is 1. The average Bonchev–Trinajstić information content (AvgIpc) is 4.27. The molecule has 3 aromatic carbocycles. The van der Waals surface area contributed by atoms with Crippen LogP contribution in [0.15, 0.2) is 48.7 Å². The van der Waals surface area contributed by atoms with E-state index in [1.165, 1.54) is 12.1 Å². The second-order valence-electron chi connectivity index (χ2n) is 24.0. The van der Waals surface area contributed by atoms with Crippen LogP contribution in [0.5, 0.6) is 11.8 Å². The maximum Gasteiger partial charge on any atom is 0.410 e. The van der Waals surface area contributed by atoms with E-state index in [4.69, 9.17) is 33.9 Å². The monoisotopic (exact) mass is 1080 g/mol. The van der Waals surface area contributed by atoms with E-state index in [-0.39, 0.29) is 71.4 Å². The van der Waals surface area contributed by atoms with Crippen molar-refractivity contribution in [2.75, 3.05) is 95.8 Å². The number of piperidine rings is 2. The Labute approximate surface area is 453 Å². The number of amides is 3. The quantitative estimate of drug-likeness (QED) is 0.0783. The molecular weight excluding hydrogens is 1000 g/mol. The molecule has 2 aromatic heterocycles. The second kappa shape index (κ2) is 21.4. The summed E-state index contributed by atoms with van der Waals surface area (Å²) >= 11 is 0. The normalized spacial score (nSPS) is 22.5. The standard InChI is InChI=1S/C59H72F3N9O7/c1-7-36-9-8-10-37-25-41(77-35-75-6)28-43(48(36)37)51-50(62)52-44(29-63-51)53(70-30-38-11-12-39(31-70)71(38)56(74)78-57(2,3)4)66-55(65-52)76-34-59(15-16-59)33-67-19-17-58(5,18-20-67)32-68-21-23-69(24-22-68)40-26-45(60)49(46(61)27-40)42-13-14-47(72)64-54(42)73/h8-10,25-29,38-39,42H,7,11-24,30-35H2,1-6H3,(H,64,72,73). The Morgan fingerprint density at radius 2 is 1.55 bits per heavy atom. The average molecular weight is 1080 g/mol. The predicted octanol–water partition coefficient (Wildman–Crippen LogP) is 9.00. The third kappa shape index (κ3) is 11.0. The first-order valence-electron chi connectivity index (χ1n) is 27.8. The molecule has 19 heteroatoms. The molecule has 1 aliphatic carbocycles. The number of carbonyl (C=O) groups excluding carboxylic acids is 3. The van der Waals surface area contributed by atoms with Gasteiger partial charge in [0.05, 0.1) is 30.0 Å². The third-order valence-electron chi connectivity index (χ3n) is 17.1. The van der Waals surface area contributed by atoms with Gasteiger partial charge in [-0.05, 0) is 131 Å². The van der Waals surface area contributed by atoms with Crippen LogP contribution in [0.1, 0.15) is 103 Å². The molecule has 6 fully saturated rings. The number of methoxy groups -OCH3 is 1. The topological polar surface area (TPSA) is 155 Å². The van der Waals surface area contributed by atoms with Gasteiger partial charge in [0.25, 0.3) is 0 Å². The number of carbonyl (C=O) groups is 3. The van der Waals surface area contributed by atoms with E-state index < -0.39 is 40.8 Å².